The molecular weight excluding hydrogens is 997 g/mol. The number of fused-ring (bicyclic) bond motifs is 1. The molecule has 0 spiro atoms. The van der Waals surface area contributed by atoms with E-state index < -0.39 is 144 Å². The zero-order valence-corrected chi connectivity index (χ0v) is 34.9. The fraction of sp³-hybridized carbons (Fsp3) is 0.0417. The molecule has 8 aromatic rings. The van der Waals surface area contributed by atoms with Crippen molar-refractivity contribution in [1.82, 2.24) is 0 Å². The van der Waals surface area contributed by atoms with Crippen molar-refractivity contribution in [2.45, 2.75) is 13.5 Å². The summed E-state index contributed by atoms with van der Waals surface area (Å²) in [5.41, 5.74) is -10.2. The Balaban J connectivity index is 0.000000240. The largest absolute Gasteiger partial charge is 0.287 e. The van der Waals surface area contributed by atoms with Crippen LogP contribution in [-0.2, 0) is 6.54 Å². The van der Waals surface area contributed by atoms with E-state index in [1.807, 2.05) is 48.7 Å². The number of aromatic nitrogens is 1. The third-order valence-electron chi connectivity index (χ3n) is 11.4. The second-order valence-corrected chi connectivity index (χ2v) is 15.3. The number of carbonyl (C=O) groups is 1. The fourth-order valence-corrected chi connectivity index (χ4v) is 8.17. The number of pyridine rings is 1. The summed E-state index contributed by atoms with van der Waals surface area (Å²) < 4.78 is 296. The SMILES string of the molecule is Cc1ccc(-c2c3ccccc3cc[n+]2CC(=O)c2ccccc2)cc1.Fc1c(F)c(F)c([B-](c2c(F)c(F)c(F)c(F)c2F)(c2c(F)c(F)c(F)c(F)c2F)c2c(F)c(F)c(F)c(F)c2F)c(F)c1F. The Hall–Kier alpha value is -7.72. The molecule has 1 aromatic heterocycles. The third kappa shape index (κ3) is 8.19. The molecule has 0 bridgehead atoms. The number of hydrogen-bond donors (Lipinski definition) is 0. The van der Waals surface area contributed by atoms with Crippen LogP contribution in [0.3, 0.4) is 0 Å². The van der Waals surface area contributed by atoms with Gasteiger partial charge in [-0.15, -0.1) is 21.9 Å². The topological polar surface area (TPSA) is 20.9 Å². The lowest BCUT2D eigenvalue weighted by Crippen LogP contribution is -2.81. The highest BCUT2D eigenvalue weighted by Crippen LogP contribution is 2.31. The lowest BCUT2D eigenvalue weighted by molar-refractivity contribution is -0.671. The predicted molar refractivity (Wildman–Crippen MR) is 214 cm³/mol. The number of rotatable bonds is 8. The Kier molecular flexibility index (Phi) is 13.9. The maximum Gasteiger partial charge on any atom is 0.227 e. The average Bonchev–Trinajstić information content (AvgIpc) is 3.37. The normalized spacial score (nSPS) is 11.6. The first-order chi connectivity index (χ1) is 33.4. The maximum absolute atomic E-state index is 15.4. The highest BCUT2D eigenvalue weighted by molar-refractivity contribution is 7.20. The lowest BCUT2D eigenvalue weighted by atomic mass is 9.12. The van der Waals surface area contributed by atoms with Gasteiger partial charge in [0.15, 0.2) is 76.0 Å². The van der Waals surface area contributed by atoms with Crippen molar-refractivity contribution >= 4 is 44.6 Å². The van der Waals surface area contributed by atoms with Crippen LogP contribution in [0.15, 0.2) is 91.1 Å². The van der Waals surface area contributed by atoms with Gasteiger partial charge in [-0.2, -0.15) is 4.57 Å². The van der Waals surface area contributed by atoms with Crippen molar-refractivity contribution in [2.75, 3.05) is 0 Å². The van der Waals surface area contributed by atoms with E-state index in [-0.39, 0.29) is 5.78 Å². The Morgan fingerprint density at radius 1 is 0.380 bits per heavy atom. The van der Waals surface area contributed by atoms with Gasteiger partial charge in [-0.25, -0.2) is 87.8 Å². The maximum atomic E-state index is 15.4. The summed E-state index contributed by atoms with van der Waals surface area (Å²) >= 11 is 0. The monoisotopic (exact) mass is 1020 g/mol. The van der Waals surface area contributed by atoms with Crippen LogP contribution in [0.2, 0.25) is 0 Å². The molecule has 0 atom stereocenters. The first kappa shape index (κ1) is 51.1. The molecule has 0 fully saturated rings. The van der Waals surface area contributed by atoms with Crippen LogP contribution in [-0.4, -0.2) is 11.9 Å². The quantitative estimate of drug-likeness (QED) is 0.0371. The minimum Gasteiger partial charge on any atom is -0.287 e. The van der Waals surface area contributed by atoms with Gasteiger partial charge < -0.3 is 0 Å². The first-order valence-electron chi connectivity index (χ1n) is 19.7. The van der Waals surface area contributed by atoms with E-state index in [9.17, 15) is 57.5 Å². The molecule has 71 heavy (non-hydrogen) atoms. The number of ketones is 1. The van der Waals surface area contributed by atoms with Crippen LogP contribution in [0.5, 0.6) is 0 Å². The van der Waals surface area contributed by atoms with Gasteiger partial charge in [0.1, 0.15) is 52.7 Å². The second-order valence-electron chi connectivity index (χ2n) is 15.3. The predicted octanol–water partition coefficient (Wildman–Crippen LogP) is 10.8. The van der Waals surface area contributed by atoms with E-state index in [0.29, 0.717) is 6.54 Å². The van der Waals surface area contributed by atoms with Gasteiger partial charge in [-0.05, 0) is 30.5 Å². The molecular formula is C48H20BF20NO. The van der Waals surface area contributed by atoms with Crippen molar-refractivity contribution < 1.29 is 97.2 Å². The van der Waals surface area contributed by atoms with Gasteiger partial charge in [-0.1, -0.05) is 66.2 Å². The number of aryl methyl sites for hydroxylation is 1. The zero-order chi connectivity index (χ0) is 52.3. The number of nitrogens with zero attached hydrogens (tertiary/aromatic N) is 1. The second kappa shape index (κ2) is 19.2. The average molecular weight is 1020 g/mol. The first-order valence-corrected chi connectivity index (χ1v) is 19.7. The standard InChI is InChI=1S/C24BF20.C24H20NO/c26-5-1(6(27)14(35)21(42)13(5)34)25(2-7(28)15(36)22(43)16(37)8(2)29,3-9(30)17(38)23(44)18(39)10(3)31)4-11(32)19(40)24(45)20(41)12(4)33;1-18-11-13-21(14-12-18)24-22-10-6-5-7-19(22)15-16-25(24)17-23(26)20-8-3-2-4-9-20/h;2-16H,17H2,1H3/q-1;+1. The molecule has 0 aliphatic carbocycles. The molecule has 0 unspecified atom stereocenters. The number of Topliss-reactive ketones (excluding diaryl/α,β-unsaturated/α-hetero) is 1. The van der Waals surface area contributed by atoms with Gasteiger partial charge in [0.2, 0.25) is 18.0 Å². The molecule has 0 amide bonds. The number of carbonyl (C=O) groups excluding carboxylic acids is 1. The minimum atomic E-state index is -7.22. The van der Waals surface area contributed by atoms with Crippen LogP contribution < -0.4 is 26.4 Å². The smallest absolute Gasteiger partial charge is 0.227 e. The molecule has 0 saturated carbocycles. The lowest BCUT2D eigenvalue weighted by Gasteiger charge is -2.44. The van der Waals surface area contributed by atoms with Crippen molar-refractivity contribution in [3.63, 3.8) is 0 Å². The van der Waals surface area contributed by atoms with Crippen LogP contribution in [0.25, 0.3) is 22.0 Å². The summed E-state index contributed by atoms with van der Waals surface area (Å²) in [6.45, 7) is 2.40. The highest BCUT2D eigenvalue weighted by Gasteiger charge is 2.52. The van der Waals surface area contributed by atoms with Gasteiger partial charge in [0.05, 0.1) is 5.39 Å². The summed E-state index contributed by atoms with van der Waals surface area (Å²) in [5.74, 6) is -71.3. The van der Waals surface area contributed by atoms with Crippen molar-refractivity contribution in [3.8, 4) is 11.3 Å². The van der Waals surface area contributed by atoms with Crippen molar-refractivity contribution in [1.29, 1.82) is 0 Å². The molecule has 0 radical (unpaired) electrons. The highest BCUT2D eigenvalue weighted by atomic mass is 19.2. The Morgan fingerprint density at radius 3 is 1.04 bits per heavy atom. The molecule has 0 N–H and O–H groups in total. The molecule has 2 nitrogen and oxygen atoms in total. The molecule has 7 aromatic carbocycles. The van der Waals surface area contributed by atoms with Gasteiger partial charge in [0.25, 0.3) is 0 Å². The Bertz CT molecular complexity index is 3100. The minimum absolute atomic E-state index is 0.110. The van der Waals surface area contributed by atoms with E-state index in [2.05, 4.69) is 54.0 Å². The van der Waals surface area contributed by atoms with Crippen molar-refractivity contribution in [2.24, 2.45) is 0 Å². The Labute approximate surface area is 384 Å². The summed E-state index contributed by atoms with van der Waals surface area (Å²) in [6, 6.07) is 28.3. The summed E-state index contributed by atoms with van der Waals surface area (Å²) in [4.78, 5) is 12.8. The van der Waals surface area contributed by atoms with Crippen LogP contribution in [0.1, 0.15) is 15.9 Å². The van der Waals surface area contributed by atoms with Crippen LogP contribution in [0, 0.1) is 123 Å². The Morgan fingerprint density at radius 2 is 0.690 bits per heavy atom. The van der Waals surface area contributed by atoms with Gasteiger partial charge in [-0.3, -0.25) is 4.79 Å². The summed E-state index contributed by atoms with van der Waals surface area (Å²) in [6.07, 6.45) is -5.20. The van der Waals surface area contributed by atoms with E-state index in [0.717, 1.165) is 22.2 Å². The fourth-order valence-electron chi connectivity index (χ4n) is 8.17. The van der Waals surface area contributed by atoms with Crippen LogP contribution in [0.4, 0.5) is 87.8 Å². The summed E-state index contributed by atoms with van der Waals surface area (Å²) in [7, 11) is 0. The van der Waals surface area contributed by atoms with Gasteiger partial charge >= 0.3 is 0 Å². The van der Waals surface area contributed by atoms with Gasteiger partial charge in [0, 0.05) is 17.2 Å². The third-order valence-corrected chi connectivity index (χ3v) is 11.4. The number of hydrogen-bond acceptors (Lipinski definition) is 1. The number of halogens is 20. The molecule has 8 rings (SSSR count). The number of benzene rings is 7. The zero-order valence-electron chi connectivity index (χ0n) is 34.9. The van der Waals surface area contributed by atoms with E-state index in [1.54, 1.807) is 0 Å². The van der Waals surface area contributed by atoms with E-state index >= 15 is 35.1 Å². The van der Waals surface area contributed by atoms with E-state index in [4.69, 9.17) is 0 Å². The molecule has 0 saturated heterocycles. The molecule has 0 aliphatic rings. The van der Waals surface area contributed by atoms with E-state index in [1.165, 1.54) is 10.9 Å². The molecule has 23 heteroatoms. The van der Waals surface area contributed by atoms with Crippen molar-refractivity contribution in [3.05, 3.63) is 219 Å². The van der Waals surface area contributed by atoms with Crippen LogP contribution >= 0.6 is 0 Å². The summed E-state index contributed by atoms with van der Waals surface area (Å²) in [5, 5.41) is 2.33. The molecule has 0 aliphatic heterocycles. The molecule has 366 valence electrons. The molecule has 1 heterocycles.